The maximum absolute atomic E-state index is 9.11. The molecule has 1 aliphatic rings. The van der Waals surface area contributed by atoms with Crippen molar-refractivity contribution in [2.75, 3.05) is 13.2 Å². The zero-order valence-corrected chi connectivity index (χ0v) is 8.31. The molecule has 5 nitrogen and oxygen atoms in total. The third-order valence-electron chi connectivity index (χ3n) is 2.62. The molecule has 1 aromatic rings. The smallest absolute Gasteiger partial charge is 0.223 e. The summed E-state index contributed by atoms with van der Waals surface area (Å²) in [5.74, 6) is 1.31. The van der Waals surface area contributed by atoms with Crippen molar-refractivity contribution < 1.29 is 9.63 Å². The predicted molar refractivity (Wildman–Crippen MR) is 49.6 cm³/mol. The maximum Gasteiger partial charge on any atom is 0.223 e. The monoisotopic (exact) mass is 197 g/mol. The molecule has 1 N–H and O–H groups in total. The third kappa shape index (κ3) is 1.93. The molecule has 1 aliphatic heterocycles. The van der Waals surface area contributed by atoms with Gasteiger partial charge in [0.2, 0.25) is 5.89 Å². The highest BCUT2D eigenvalue weighted by atomic mass is 16.5. The highest BCUT2D eigenvalue weighted by Crippen LogP contribution is 2.18. The Morgan fingerprint density at radius 1 is 1.64 bits per heavy atom. The van der Waals surface area contributed by atoms with Gasteiger partial charge in [-0.1, -0.05) is 5.16 Å². The zero-order chi connectivity index (χ0) is 9.97. The summed E-state index contributed by atoms with van der Waals surface area (Å²) in [5.41, 5.74) is 0. The minimum absolute atomic E-state index is 0.219. The van der Waals surface area contributed by atoms with Gasteiger partial charge in [0.05, 0.1) is 13.2 Å². The number of aliphatic hydroxyl groups is 1. The second kappa shape index (κ2) is 4.06. The molecular formula is C9H15N3O2. The van der Waals surface area contributed by atoms with Gasteiger partial charge >= 0.3 is 0 Å². The van der Waals surface area contributed by atoms with E-state index in [1.807, 2.05) is 0 Å². The Labute approximate surface area is 82.7 Å². The van der Waals surface area contributed by atoms with Gasteiger partial charge in [-0.05, 0) is 19.4 Å². The van der Waals surface area contributed by atoms with Gasteiger partial charge in [0, 0.05) is 13.0 Å². The molecule has 0 amide bonds. The quantitative estimate of drug-likeness (QED) is 0.756. The molecular weight excluding hydrogens is 182 g/mol. The molecule has 0 bridgehead atoms. The van der Waals surface area contributed by atoms with Crippen LogP contribution in [0.25, 0.3) is 0 Å². The lowest BCUT2D eigenvalue weighted by atomic mass is 10.2. The summed E-state index contributed by atoms with van der Waals surface area (Å²) in [7, 11) is 0. The Morgan fingerprint density at radius 2 is 2.50 bits per heavy atom. The topological polar surface area (TPSA) is 62.4 Å². The fraction of sp³-hybridized carbons (Fsp3) is 0.778. The Balaban J connectivity index is 1.96. The van der Waals surface area contributed by atoms with Crippen LogP contribution in [0.1, 0.15) is 24.6 Å². The third-order valence-corrected chi connectivity index (χ3v) is 2.62. The molecule has 1 atom stereocenters. The summed E-state index contributed by atoms with van der Waals surface area (Å²) < 4.78 is 4.89. The van der Waals surface area contributed by atoms with Crippen LogP contribution in [0.5, 0.6) is 0 Å². The first-order chi connectivity index (χ1) is 6.79. The average molecular weight is 197 g/mol. The van der Waals surface area contributed by atoms with E-state index in [1.54, 1.807) is 6.92 Å². The lowest BCUT2D eigenvalue weighted by Crippen LogP contribution is -2.31. The van der Waals surface area contributed by atoms with Crippen molar-refractivity contribution >= 4 is 0 Å². The molecule has 5 heteroatoms. The van der Waals surface area contributed by atoms with Gasteiger partial charge in [-0.3, -0.25) is 4.90 Å². The van der Waals surface area contributed by atoms with Crippen molar-refractivity contribution in [2.45, 2.75) is 32.4 Å². The van der Waals surface area contributed by atoms with Gasteiger partial charge in [-0.15, -0.1) is 0 Å². The second-order valence-corrected chi connectivity index (χ2v) is 3.68. The van der Waals surface area contributed by atoms with Gasteiger partial charge in [0.15, 0.2) is 5.82 Å². The van der Waals surface area contributed by atoms with E-state index >= 15 is 0 Å². The maximum atomic E-state index is 9.11. The molecule has 1 fully saturated rings. The molecule has 1 saturated heterocycles. The molecule has 0 aliphatic carbocycles. The van der Waals surface area contributed by atoms with E-state index in [1.165, 1.54) is 0 Å². The van der Waals surface area contributed by atoms with Crippen molar-refractivity contribution in [3.63, 3.8) is 0 Å². The SMILES string of the molecule is Cc1nc(CN2CCCC2CO)no1. The number of aromatic nitrogens is 2. The van der Waals surface area contributed by atoms with Crippen LogP contribution in [-0.4, -0.2) is 39.3 Å². The number of rotatable bonds is 3. The highest BCUT2D eigenvalue weighted by Gasteiger charge is 2.24. The van der Waals surface area contributed by atoms with Crippen LogP contribution in [0.15, 0.2) is 4.52 Å². The average Bonchev–Trinajstić information content (AvgIpc) is 2.76. The van der Waals surface area contributed by atoms with Crippen molar-refractivity contribution in [3.8, 4) is 0 Å². The van der Waals surface area contributed by atoms with Gasteiger partial charge in [0.1, 0.15) is 0 Å². The molecule has 0 radical (unpaired) electrons. The van der Waals surface area contributed by atoms with Gasteiger partial charge < -0.3 is 9.63 Å². The number of aliphatic hydroxyl groups excluding tert-OH is 1. The minimum atomic E-state index is 0.219. The number of likely N-dealkylation sites (tertiary alicyclic amines) is 1. The Bertz CT molecular complexity index is 300. The number of hydrogen-bond donors (Lipinski definition) is 1. The molecule has 2 rings (SSSR count). The van der Waals surface area contributed by atoms with E-state index in [2.05, 4.69) is 15.0 Å². The Hall–Kier alpha value is -0.940. The summed E-state index contributed by atoms with van der Waals surface area (Å²) in [6.07, 6.45) is 2.20. The van der Waals surface area contributed by atoms with Gasteiger partial charge in [0.25, 0.3) is 0 Å². The van der Waals surface area contributed by atoms with Crippen molar-refractivity contribution in [1.82, 2.24) is 15.0 Å². The highest BCUT2D eigenvalue weighted by molar-refractivity contribution is 4.88. The predicted octanol–water partition coefficient (Wildman–Crippen LogP) is 0.335. The van der Waals surface area contributed by atoms with Crippen LogP contribution >= 0.6 is 0 Å². The van der Waals surface area contributed by atoms with E-state index in [9.17, 15) is 0 Å². The van der Waals surface area contributed by atoms with Gasteiger partial charge in [-0.2, -0.15) is 4.98 Å². The molecule has 1 unspecified atom stereocenters. The molecule has 78 valence electrons. The van der Waals surface area contributed by atoms with Crippen LogP contribution in [0, 0.1) is 6.92 Å². The molecule has 14 heavy (non-hydrogen) atoms. The lowest BCUT2D eigenvalue weighted by molar-refractivity contribution is 0.150. The zero-order valence-electron chi connectivity index (χ0n) is 8.31. The number of aryl methyl sites for hydroxylation is 1. The first kappa shape index (κ1) is 9.61. The normalized spacial score (nSPS) is 23.1. The summed E-state index contributed by atoms with van der Waals surface area (Å²) in [5, 5.41) is 13.0. The fourth-order valence-corrected chi connectivity index (χ4v) is 1.90. The van der Waals surface area contributed by atoms with Crippen LogP contribution in [0.3, 0.4) is 0 Å². The van der Waals surface area contributed by atoms with Crippen LogP contribution < -0.4 is 0 Å². The van der Waals surface area contributed by atoms with Crippen molar-refractivity contribution in [2.24, 2.45) is 0 Å². The standard InChI is InChI=1S/C9H15N3O2/c1-7-10-9(11-14-7)5-12-4-2-3-8(12)6-13/h8,13H,2-6H2,1H3. The molecule has 2 heterocycles. The van der Waals surface area contributed by atoms with E-state index in [0.717, 1.165) is 19.4 Å². The lowest BCUT2D eigenvalue weighted by Gasteiger charge is -2.20. The second-order valence-electron chi connectivity index (χ2n) is 3.68. The van der Waals surface area contributed by atoms with Crippen molar-refractivity contribution in [3.05, 3.63) is 11.7 Å². The summed E-state index contributed by atoms with van der Waals surface area (Å²) in [4.78, 5) is 6.34. The van der Waals surface area contributed by atoms with E-state index in [0.29, 0.717) is 18.3 Å². The molecule has 0 spiro atoms. The molecule has 0 saturated carbocycles. The van der Waals surface area contributed by atoms with Crippen LogP contribution in [0.4, 0.5) is 0 Å². The Kier molecular flexibility index (Phi) is 2.79. The van der Waals surface area contributed by atoms with Crippen LogP contribution in [-0.2, 0) is 6.54 Å². The summed E-state index contributed by atoms with van der Waals surface area (Å²) in [6.45, 7) is 3.70. The van der Waals surface area contributed by atoms with Crippen LogP contribution in [0.2, 0.25) is 0 Å². The number of hydrogen-bond acceptors (Lipinski definition) is 5. The first-order valence-electron chi connectivity index (χ1n) is 4.93. The largest absolute Gasteiger partial charge is 0.395 e. The van der Waals surface area contributed by atoms with E-state index < -0.39 is 0 Å². The summed E-state index contributed by atoms with van der Waals surface area (Å²) in [6, 6.07) is 0.272. The minimum Gasteiger partial charge on any atom is -0.395 e. The summed E-state index contributed by atoms with van der Waals surface area (Å²) >= 11 is 0. The first-order valence-corrected chi connectivity index (χ1v) is 4.93. The number of nitrogens with zero attached hydrogens (tertiary/aromatic N) is 3. The fourth-order valence-electron chi connectivity index (χ4n) is 1.90. The van der Waals surface area contributed by atoms with Crippen molar-refractivity contribution in [1.29, 1.82) is 0 Å². The molecule has 0 aromatic carbocycles. The van der Waals surface area contributed by atoms with E-state index in [-0.39, 0.29) is 12.6 Å². The Morgan fingerprint density at radius 3 is 3.14 bits per heavy atom. The molecule has 1 aromatic heterocycles. The van der Waals surface area contributed by atoms with E-state index in [4.69, 9.17) is 9.63 Å². The van der Waals surface area contributed by atoms with Gasteiger partial charge in [-0.25, -0.2) is 0 Å².